The summed E-state index contributed by atoms with van der Waals surface area (Å²) in [4.78, 5) is 39.8. The Hall–Kier alpha value is -1.79. The fraction of sp³-hybridized carbons (Fsp3) is 0.824. The van der Waals surface area contributed by atoms with E-state index in [-0.39, 0.29) is 17.9 Å². The van der Waals surface area contributed by atoms with Crippen LogP contribution in [0, 0.1) is 5.92 Å². The van der Waals surface area contributed by atoms with Gasteiger partial charge in [0, 0.05) is 26.2 Å². The lowest BCUT2D eigenvalue weighted by Gasteiger charge is -2.35. The summed E-state index contributed by atoms with van der Waals surface area (Å²) in [6, 6.07) is -0.812. The van der Waals surface area contributed by atoms with Gasteiger partial charge in [0.1, 0.15) is 6.04 Å². The van der Waals surface area contributed by atoms with Crippen LogP contribution >= 0.6 is 0 Å². The predicted molar refractivity (Wildman–Crippen MR) is 89.6 cm³/mol. The van der Waals surface area contributed by atoms with Crippen LogP contribution in [-0.2, 0) is 9.59 Å². The first-order chi connectivity index (χ1) is 11.5. The van der Waals surface area contributed by atoms with Gasteiger partial charge in [0.15, 0.2) is 0 Å². The number of carboxylic acid groups (broad SMARTS) is 1. The third kappa shape index (κ3) is 4.85. The summed E-state index contributed by atoms with van der Waals surface area (Å²) < 4.78 is 0. The molecule has 0 aromatic heterocycles. The van der Waals surface area contributed by atoms with Crippen molar-refractivity contribution >= 4 is 17.9 Å². The monoisotopic (exact) mass is 339 g/mol. The van der Waals surface area contributed by atoms with Crippen LogP contribution in [0.25, 0.3) is 0 Å². The lowest BCUT2D eigenvalue weighted by molar-refractivity contribution is -0.143. The molecule has 0 aliphatic carbocycles. The largest absolute Gasteiger partial charge is 0.480 e. The van der Waals surface area contributed by atoms with E-state index < -0.39 is 12.0 Å². The molecule has 0 saturated carbocycles. The number of carboxylic acids is 1. The molecule has 2 aliphatic rings. The number of aliphatic carboxylic acids is 1. The highest BCUT2D eigenvalue weighted by atomic mass is 16.4. The van der Waals surface area contributed by atoms with Gasteiger partial charge in [0.05, 0.1) is 5.92 Å². The van der Waals surface area contributed by atoms with Crippen molar-refractivity contribution in [3.8, 4) is 0 Å². The second kappa shape index (κ2) is 8.89. The molecule has 0 aromatic carbocycles. The number of likely N-dealkylation sites (tertiary alicyclic amines) is 2. The highest BCUT2D eigenvalue weighted by Crippen LogP contribution is 2.20. The normalized spacial score (nSPS) is 22.3. The van der Waals surface area contributed by atoms with E-state index in [2.05, 4.69) is 5.32 Å². The highest BCUT2D eigenvalue weighted by Gasteiger charge is 2.32. The SMILES string of the molecule is CCCCC(NC(=O)C1CCCN(C(=O)N2CCCC2)C1)C(=O)O. The second-order valence-electron chi connectivity index (χ2n) is 6.80. The number of carbonyl (C=O) groups excluding carboxylic acids is 2. The molecule has 0 bridgehead atoms. The Labute approximate surface area is 143 Å². The third-order valence-corrected chi connectivity index (χ3v) is 4.90. The van der Waals surface area contributed by atoms with Gasteiger partial charge in [-0.1, -0.05) is 19.8 Å². The highest BCUT2D eigenvalue weighted by molar-refractivity contribution is 5.85. The van der Waals surface area contributed by atoms with E-state index >= 15 is 0 Å². The molecule has 2 saturated heterocycles. The standard InChI is InChI=1S/C17H29N3O4/c1-2-3-8-14(16(22)23)18-15(21)13-7-6-11-20(12-13)17(24)19-9-4-5-10-19/h13-14H,2-12H2,1H3,(H,18,21)(H,22,23). The summed E-state index contributed by atoms with van der Waals surface area (Å²) in [5.74, 6) is -1.54. The van der Waals surface area contributed by atoms with Crippen molar-refractivity contribution in [3.05, 3.63) is 0 Å². The fourth-order valence-electron chi connectivity index (χ4n) is 3.43. The Bertz CT molecular complexity index is 463. The third-order valence-electron chi connectivity index (χ3n) is 4.90. The lowest BCUT2D eigenvalue weighted by Crippen LogP contribution is -2.51. The van der Waals surface area contributed by atoms with E-state index in [4.69, 9.17) is 0 Å². The summed E-state index contributed by atoms with van der Waals surface area (Å²) in [6.45, 7) is 4.65. The number of amides is 3. The van der Waals surface area contributed by atoms with E-state index in [0.717, 1.165) is 45.2 Å². The maximum atomic E-state index is 12.5. The minimum Gasteiger partial charge on any atom is -0.480 e. The molecule has 0 aromatic rings. The van der Waals surface area contributed by atoms with E-state index in [9.17, 15) is 19.5 Å². The van der Waals surface area contributed by atoms with Gasteiger partial charge in [-0.2, -0.15) is 0 Å². The van der Waals surface area contributed by atoms with Crippen molar-refractivity contribution in [2.75, 3.05) is 26.2 Å². The maximum Gasteiger partial charge on any atom is 0.326 e. The smallest absolute Gasteiger partial charge is 0.326 e. The molecule has 2 aliphatic heterocycles. The van der Waals surface area contributed by atoms with Crippen molar-refractivity contribution in [1.29, 1.82) is 0 Å². The molecule has 2 atom stereocenters. The van der Waals surface area contributed by atoms with Crippen LogP contribution in [-0.4, -0.2) is 65.0 Å². The molecule has 2 N–H and O–H groups in total. The van der Waals surface area contributed by atoms with E-state index in [1.165, 1.54) is 0 Å². The number of hydrogen-bond acceptors (Lipinski definition) is 3. The number of unbranched alkanes of at least 4 members (excludes halogenated alkanes) is 1. The summed E-state index contributed by atoms with van der Waals surface area (Å²) in [5.41, 5.74) is 0. The number of hydrogen-bond donors (Lipinski definition) is 2. The molecular weight excluding hydrogens is 310 g/mol. The Morgan fingerprint density at radius 2 is 1.79 bits per heavy atom. The zero-order valence-electron chi connectivity index (χ0n) is 14.5. The Morgan fingerprint density at radius 1 is 1.12 bits per heavy atom. The average Bonchev–Trinajstić information content (AvgIpc) is 3.12. The summed E-state index contributed by atoms with van der Waals surface area (Å²) in [7, 11) is 0. The average molecular weight is 339 g/mol. The van der Waals surface area contributed by atoms with Crippen LogP contribution in [0.3, 0.4) is 0 Å². The molecule has 24 heavy (non-hydrogen) atoms. The zero-order chi connectivity index (χ0) is 17.5. The van der Waals surface area contributed by atoms with Crippen LogP contribution in [0.1, 0.15) is 51.9 Å². The Balaban J connectivity index is 1.89. The number of urea groups is 1. The molecule has 2 unspecified atom stereocenters. The summed E-state index contributed by atoms with van der Waals surface area (Å²) in [6.07, 6.45) is 5.67. The number of rotatable bonds is 6. The van der Waals surface area contributed by atoms with Crippen molar-refractivity contribution < 1.29 is 19.5 Å². The number of carbonyl (C=O) groups is 3. The zero-order valence-corrected chi connectivity index (χ0v) is 14.5. The first-order valence-electron chi connectivity index (χ1n) is 9.10. The molecule has 7 heteroatoms. The topological polar surface area (TPSA) is 90.0 Å². The van der Waals surface area contributed by atoms with Crippen LogP contribution < -0.4 is 5.32 Å². The van der Waals surface area contributed by atoms with Gasteiger partial charge < -0.3 is 20.2 Å². The molecule has 2 fully saturated rings. The second-order valence-corrected chi connectivity index (χ2v) is 6.80. The van der Waals surface area contributed by atoms with Gasteiger partial charge in [-0.25, -0.2) is 9.59 Å². The molecule has 2 rings (SSSR count). The van der Waals surface area contributed by atoms with Gasteiger partial charge in [-0.15, -0.1) is 0 Å². The molecule has 0 spiro atoms. The summed E-state index contributed by atoms with van der Waals surface area (Å²) >= 11 is 0. The van der Waals surface area contributed by atoms with Crippen LogP contribution in [0.4, 0.5) is 4.79 Å². The fourth-order valence-corrected chi connectivity index (χ4v) is 3.43. The molecule has 0 radical (unpaired) electrons. The first kappa shape index (κ1) is 18.5. The van der Waals surface area contributed by atoms with E-state index in [1.54, 1.807) is 4.90 Å². The molecule has 7 nitrogen and oxygen atoms in total. The number of nitrogens with one attached hydrogen (secondary N) is 1. The summed E-state index contributed by atoms with van der Waals surface area (Å²) in [5, 5.41) is 11.9. The van der Waals surface area contributed by atoms with Crippen LogP contribution in [0.15, 0.2) is 0 Å². The minimum atomic E-state index is -0.988. The van der Waals surface area contributed by atoms with Gasteiger partial charge in [0.25, 0.3) is 0 Å². The van der Waals surface area contributed by atoms with Crippen molar-refractivity contribution in [1.82, 2.24) is 15.1 Å². The van der Waals surface area contributed by atoms with Crippen molar-refractivity contribution in [2.45, 2.75) is 57.9 Å². The van der Waals surface area contributed by atoms with E-state index in [1.807, 2.05) is 11.8 Å². The van der Waals surface area contributed by atoms with Crippen LogP contribution in [0.2, 0.25) is 0 Å². The quantitative estimate of drug-likeness (QED) is 0.770. The van der Waals surface area contributed by atoms with E-state index in [0.29, 0.717) is 25.9 Å². The first-order valence-corrected chi connectivity index (χ1v) is 9.10. The lowest BCUT2D eigenvalue weighted by atomic mass is 9.96. The number of nitrogens with zero attached hydrogens (tertiary/aromatic N) is 2. The maximum absolute atomic E-state index is 12.5. The van der Waals surface area contributed by atoms with Gasteiger partial charge >= 0.3 is 12.0 Å². The van der Waals surface area contributed by atoms with Crippen LogP contribution in [0.5, 0.6) is 0 Å². The molecular formula is C17H29N3O4. The predicted octanol–water partition coefficient (Wildman–Crippen LogP) is 1.67. The minimum absolute atomic E-state index is 0.0192. The van der Waals surface area contributed by atoms with Gasteiger partial charge in [-0.3, -0.25) is 4.79 Å². The molecule has 136 valence electrons. The van der Waals surface area contributed by atoms with Crippen molar-refractivity contribution in [2.24, 2.45) is 5.92 Å². The number of piperidine rings is 1. The Morgan fingerprint density at radius 3 is 2.42 bits per heavy atom. The van der Waals surface area contributed by atoms with Gasteiger partial charge in [-0.05, 0) is 32.1 Å². The molecule has 2 heterocycles. The van der Waals surface area contributed by atoms with Gasteiger partial charge in [0.2, 0.25) is 5.91 Å². The van der Waals surface area contributed by atoms with Crippen molar-refractivity contribution in [3.63, 3.8) is 0 Å². The molecule has 3 amide bonds. The Kier molecular flexibility index (Phi) is 6.87.